The van der Waals surface area contributed by atoms with Crippen molar-refractivity contribution >= 4 is 23.5 Å². The zero-order valence-electron chi connectivity index (χ0n) is 16.4. The van der Waals surface area contributed by atoms with Gasteiger partial charge in [-0.15, -0.1) is 0 Å². The van der Waals surface area contributed by atoms with E-state index >= 15 is 0 Å². The minimum Gasteiger partial charge on any atom is -0.324 e. The number of nitrogens with zero attached hydrogens (tertiary/aromatic N) is 1. The van der Waals surface area contributed by atoms with E-state index in [0.29, 0.717) is 5.56 Å². The minimum absolute atomic E-state index is 0.325. The molecule has 1 fully saturated rings. The Kier molecular flexibility index (Phi) is 5.49. The fourth-order valence-electron chi connectivity index (χ4n) is 3.53. The van der Waals surface area contributed by atoms with Gasteiger partial charge in [-0.1, -0.05) is 62.4 Å². The van der Waals surface area contributed by atoms with E-state index in [9.17, 15) is 14.4 Å². The predicted molar refractivity (Wildman–Crippen MR) is 108 cm³/mol. The number of carbonyl (C=O) groups excluding carboxylic acids is 3. The van der Waals surface area contributed by atoms with Crippen molar-refractivity contribution < 1.29 is 14.4 Å². The van der Waals surface area contributed by atoms with Crippen LogP contribution in [0.1, 0.15) is 37.5 Å². The van der Waals surface area contributed by atoms with Crippen LogP contribution in [0.4, 0.5) is 10.5 Å². The summed E-state index contributed by atoms with van der Waals surface area (Å²) in [6.45, 7) is 5.37. The van der Waals surface area contributed by atoms with Crippen molar-refractivity contribution in [1.29, 1.82) is 0 Å². The molecule has 1 atom stereocenters. The Bertz CT molecular complexity index is 888. The highest BCUT2D eigenvalue weighted by molar-refractivity contribution is 6.10. The quantitative estimate of drug-likeness (QED) is 0.757. The molecule has 0 saturated carbocycles. The molecule has 146 valence electrons. The maximum Gasteiger partial charge on any atom is 0.325 e. The Morgan fingerprint density at radius 2 is 1.61 bits per heavy atom. The molecule has 4 amide bonds. The minimum atomic E-state index is -1.17. The Morgan fingerprint density at radius 3 is 2.18 bits per heavy atom. The molecule has 1 saturated heterocycles. The number of rotatable bonds is 6. The van der Waals surface area contributed by atoms with E-state index in [4.69, 9.17) is 0 Å². The number of hydrogen-bond acceptors (Lipinski definition) is 3. The van der Waals surface area contributed by atoms with Crippen LogP contribution < -0.4 is 10.6 Å². The third-order valence-electron chi connectivity index (χ3n) is 5.19. The van der Waals surface area contributed by atoms with Crippen molar-refractivity contribution in [3.8, 4) is 0 Å². The summed E-state index contributed by atoms with van der Waals surface area (Å²) in [7, 11) is 0. The second kappa shape index (κ2) is 7.84. The molecule has 0 radical (unpaired) electrons. The molecule has 1 unspecified atom stereocenters. The molecular formula is C22H25N3O3. The van der Waals surface area contributed by atoms with E-state index in [1.165, 1.54) is 0 Å². The molecule has 28 heavy (non-hydrogen) atoms. The Labute approximate surface area is 164 Å². The van der Waals surface area contributed by atoms with Gasteiger partial charge in [-0.25, -0.2) is 4.79 Å². The summed E-state index contributed by atoms with van der Waals surface area (Å²) >= 11 is 0. The number of nitrogens with one attached hydrogen (secondary N) is 2. The monoisotopic (exact) mass is 379 g/mol. The van der Waals surface area contributed by atoms with Crippen molar-refractivity contribution in [2.45, 2.75) is 39.2 Å². The van der Waals surface area contributed by atoms with Crippen molar-refractivity contribution in [3.63, 3.8) is 0 Å². The second-order valence-electron chi connectivity index (χ2n) is 7.02. The van der Waals surface area contributed by atoms with Gasteiger partial charge >= 0.3 is 6.03 Å². The van der Waals surface area contributed by atoms with Gasteiger partial charge in [0.25, 0.3) is 5.91 Å². The van der Waals surface area contributed by atoms with Crippen molar-refractivity contribution in [2.75, 3.05) is 11.9 Å². The standard InChI is InChI=1S/C22H25N3O3/c1-4-15-10-9-11-16(5-2)19(15)23-18(26)14-25-20(27)22(3,24-21(25)28)17-12-7-6-8-13-17/h6-13H,4-5,14H2,1-3H3,(H,23,26)(H,24,28). The summed E-state index contributed by atoms with van der Waals surface area (Å²) in [4.78, 5) is 39.0. The molecule has 6 nitrogen and oxygen atoms in total. The third kappa shape index (κ3) is 3.50. The Balaban J connectivity index is 1.78. The first-order valence-corrected chi connectivity index (χ1v) is 9.51. The zero-order valence-corrected chi connectivity index (χ0v) is 16.4. The van der Waals surface area contributed by atoms with Crippen molar-refractivity contribution in [1.82, 2.24) is 10.2 Å². The van der Waals surface area contributed by atoms with Gasteiger partial charge < -0.3 is 10.6 Å². The average molecular weight is 379 g/mol. The third-order valence-corrected chi connectivity index (χ3v) is 5.19. The lowest BCUT2D eigenvalue weighted by atomic mass is 9.92. The largest absolute Gasteiger partial charge is 0.325 e. The van der Waals surface area contributed by atoms with Crippen LogP contribution in [0.5, 0.6) is 0 Å². The normalized spacial score (nSPS) is 18.9. The first-order chi connectivity index (χ1) is 13.4. The number of urea groups is 1. The zero-order chi connectivity index (χ0) is 20.3. The molecule has 3 rings (SSSR count). The molecule has 2 aromatic carbocycles. The summed E-state index contributed by atoms with van der Waals surface area (Å²) in [5.41, 5.74) is 2.34. The van der Waals surface area contributed by atoms with Gasteiger partial charge in [0, 0.05) is 5.69 Å². The van der Waals surface area contributed by atoms with Crippen LogP contribution in [-0.4, -0.2) is 29.3 Å². The van der Waals surface area contributed by atoms with Gasteiger partial charge in [-0.2, -0.15) is 0 Å². The molecule has 0 bridgehead atoms. The van der Waals surface area contributed by atoms with Crippen LogP contribution in [-0.2, 0) is 28.0 Å². The first-order valence-electron chi connectivity index (χ1n) is 9.51. The number of aryl methyl sites for hydroxylation is 2. The highest BCUT2D eigenvalue weighted by Crippen LogP contribution is 2.29. The average Bonchev–Trinajstić information content (AvgIpc) is 2.92. The first kappa shape index (κ1) is 19.6. The smallest absolute Gasteiger partial charge is 0.324 e. The highest BCUT2D eigenvalue weighted by Gasteiger charge is 2.49. The van der Waals surface area contributed by atoms with E-state index in [2.05, 4.69) is 10.6 Å². The number of anilines is 1. The molecule has 2 aromatic rings. The molecule has 0 aromatic heterocycles. The molecule has 1 heterocycles. The van der Waals surface area contributed by atoms with Crippen LogP contribution in [0.3, 0.4) is 0 Å². The maximum absolute atomic E-state index is 12.9. The predicted octanol–water partition coefficient (Wildman–Crippen LogP) is 3.22. The van der Waals surface area contributed by atoms with Gasteiger partial charge in [0.2, 0.25) is 5.91 Å². The molecule has 6 heteroatoms. The van der Waals surface area contributed by atoms with E-state index in [1.54, 1.807) is 19.1 Å². The van der Waals surface area contributed by atoms with Crippen LogP contribution in [0.25, 0.3) is 0 Å². The van der Waals surface area contributed by atoms with Crippen molar-refractivity contribution in [2.24, 2.45) is 0 Å². The van der Waals surface area contributed by atoms with Gasteiger partial charge in [0.05, 0.1) is 0 Å². The Hall–Kier alpha value is -3.15. The molecular weight excluding hydrogens is 354 g/mol. The summed E-state index contributed by atoms with van der Waals surface area (Å²) in [5.74, 6) is -0.824. The number of hydrogen-bond donors (Lipinski definition) is 2. The summed E-state index contributed by atoms with van der Waals surface area (Å²) in [5, 5.41) is 5.62. The highest BCUT2D eigenvalue weighted by atomic mass is 16.2. The lowest BCUT2D eigenvalue weighted by Gasteiger charge is -2.22. The van der Waals surface area contributed by atoms with Crippen LogP contribution in [0, 0.1) is 0 Å². The molecule has 2 N–H and O–H groups in total. The lowest BCUT2D eigenvalue weighted by molar-refractivity contribution is -0.133. The van der Waals surface area contributed by atoms with E-state index in [1.807, 2.05) is 50.2 Å². The van der Waals surface area contributed by atoms with Crippen LogP contribution in [0.15, 0.2) is 48.5 Å². The molecule has 0 aliphatic carbocycles. The molecule has 1 aliphatic heterocycles. The number of amides is 4. The second-order valence-corrected chi connectivity index (χ2v) is 7.02. The fraction of sp³-hybridized carbons (Fsp3) is 0.318. The van der Waals surface area contributed by atoms with E-state index < -0.39 is 23.4 Å². The number of benzene rings is 2. The van der Waals surface area contributed by atoms with Crippen LogP contribution in [0.2, 0.25) is 0 Å². The lowest BCUT2D eigenvalue weighted by Crippen LogP contribution is -2.42. The van der Waals surface area contributed by atoms with Crippen LogP contribution >= 0.6 is 0 Å². The van der Waals surface area contributed by atoms with Crippen molar-refractivity contribution in [3.05, 3.63) is 65.2 Å². The number of carbonyl (C=O) groups is 3. The van der Waals surface area contributed by atoms with Gasteiger partial charge in [-0.3, -0.25) is 14.5 Å². The SMILES string of the molecule is CCc1cccc(CC)c1NC(=O)CN1C(=O)NC(C)(c2ccccc2)C1=O. The fourth-order valence-corrected chi connectivity index (χ4v) is 3.53. The maximum atomic E-state index is 12.9. The molecule has 1 aliphatic rings. The van der Waals surface area contributed by atoms with Gasteiger partial charge in [0.1, 0.15) is 12.1 Å². The Morgan fingerprint density at radius 1 is 1.00 bits per heavy atom. The van der Waals surface area contributed by atoms with Gasteiger partial charge in [-0.05, 0) is 36.5 Å². The summed E-state index contributed by atoms with van der Waals surface area (Å²) < 4.78 is 0. The van der Waals surface area contributed by atoms with E-state index in [-0.39, 0.29) is 6.54 Å². The number of imide groups is 1. The number of para-hydroxylation sites is 1. The topological polar surface area (TPSA) is 78.5 Å². The van der Waals surface area contributed by atoms with E-state index in [0.717, 1.165) is 34.6 Å². The summed E-state index contributed by atoms with van der Waals surface area (Å²) in [6, 6.07) is 14.4. The van der Waals surface area contributed by atoms with Gasteiger partial charge in [0.15, 0.2) is 0 Å². The summed E-state index contributed by atoms with van der Waals surface area (Å²) in [6.07, 6.45) is 1.55. The molecule has 0 spiro atoms.